The Kier molecular flexibility index (Phi) is 3.32. The summed E-state index contributed by atoms with van der Waals surface area (Å²) in [4.78, 5) is 5.07. The first-order valence-corrected chi connectivity index (χ1v) is 8.60. The number of aromatic nitrogens is 1. The molecule has 2 atom stereocenters. The monoisotopic (exact) mass is 296 g/mol. The lowest BCUT2D eigenvalue weighted by molar-refractivity contribution is 0.413. The van der Waals surface area contributed by atoms with Crippen LogP contribution in [0.25, 0.3) is 10.9 Å². The third kappa shape index (κ3) is 2.30. The minimum Gasteiger partial charge on any atom is -0.357 e. The molecule has 21 heavy (non-hydrogen) atoms. The number of fused-ring (bicyclic) bond motifs is 3. The zero-order valence-electron chi connectivity index (χ0n) is 12.2. The number of benzene rings is 1. The van der Waals surface area contributed by atoms with Gasteiger partial charge in [0.15, 0.2) is 0 Å². The summed E-state index contributed by atoms with van der Waals surface area (Å²) in [6.07, 6.45) is 3.68. The molecular weight excluding hydrogens is 276 g/mol. The van der Waals surface area contributed by atoms with Crippen molar-refractivity contribution in [3.05, 3.63) is 57.9 Å². The van der Waals surface area contributed by atoms with Crippen molar-refractivity contribution in [1.82, 2.24) is 10.3 Å². The van der Waals surface area contributed by atoms with E-state index in [-0.39, 0.29) is 0 Å². The molecule has 0 fully saturated rings. The van der Waals surface area contributed by atoms with Gasteiger partial charge in [0.1, 0.15) is 0 Å². The van der Waals surface area contributed by atoms with Crippen LogP contribution in [-0.4, -0.2) is 4.98 Å². The Morgan fingerprint density at radius 1 is 1.24 bits per heavy atom. The van der Waals surface area contributed by atoms with Crippen molar-refractivity contribution in [1.29, 1.82) is 0 Å². The predicted molar refractivity (Wildman–Crippen MR) is 89.8 cm³/mol. The average Bonchev–Trinajstić information content (AvgIpc) is 3.15. The second-order valence-electron chi connectivity index (χ2n) is 5.91. The highest BCUT2D eigenvalue weighted by Crippen LogP contribution is 2.36. The number of rotatable bonds is 3. The number of hydrogen-bond acceptors (Lipinski definition) is 2. The zero-order valence-corrected chi connectivity index (χ0v) is 13.0. The molecule has 2 aromatic heterocycles. The molecule has 1 aromatic carbocycles. The molecule has 1 aliphatic carbocycles. The molecule has 2 unspecified atom stereocenters. The van der Waals surface area contributed by atoms with E-state index < -0.39 is 0 Å². The van der Waals surface area contributed by atoms with Crippen LogP contribution in [0.4, 0.5) is 0 Å². The van der Waals surface area contributed by atoms with Crippen LogP contribution in [0.1, 0.15) is 48.0 Å². The lowest BCUT2D eigenvalue weighted by Crippen LogP contribution is -2.27. The maximum atomic E-state index is 3.82. The van der Waals surface area contributed by atoms with Gasteiger partial charge in [0.25, 0.3) is 0 Å². The topological polar surface area (TPSA) is 27.8 Å². The summed E-state index contributed by atoms with van der Waals surface area (Å²) in [6.45, 7) is 2.27. The first kappa shape index (κ1) is 13.1. The highest BCUT2D eigenvalue weighted by Gasteiger charge is 2.25. The first-order chi connectivity index (χ1) is 10.3. The largest absolute Gasteiger partial charge is 0.357 e. The van der Waals surface area contributed by atoms with Crippen molar-refractivity contribution in [2.45, 2.75) is 38.3 Å². The minimum atomic E-state index is 0.410. The minimum absolute atomic E-state index is 0.410. The molecule has 0 spiro atoms. The molecule has 4 rings (SSSR count). The van der Waals surface area contributed by atoms with Crippen LogP contribution in [0, 0.1) is 0 Å². The van der Waals surface area contributed by atoms with E-state index in [1.165, 1.54) is 46.3 Å². The van der Waals surface area contributed by atoms with E-state index in [1.54, 1.807) is 0 Å². The van der Waals surface area contributed by atoms with Crippen molar-refractivity contribution in [2.24, 2.45) is 0 Å². The molecule has 0 amide bonds. The highest BCUT2D eigenvalue weighted by atomic mass is 32.1. The number of para-hydroxylation sites is 1. The second-order valence-corrected chi connectivity index (χ2v) is 6.89. The van der Waals surface area contributed by atoms with Gasteiger partial charge in [0.2, 0.25) is 0 Å². The molecule has 3 aromatic rings. The zero-order chi connectivity index (χ0) is 14.2. The molecule has 0 radical (unpaired) electrons. The van der Waals surface area contributed by atoms with Crippen LogP contribution < -0.4 is 5.32 Å². The van der Waals surface area contributed by atoms with E-state index in [4.69, 9.17) is 0 Å². The number of aromatic amines is 1. The fourth-order valence-corrected chi connectivity index (χ4v) is 4.25. The Morgan fingerprint density at radius 3 is 3.00 bits per heavy atom. The van der Waals surface area contributed by atoms with Crippen molar-refractivity contribution >= 4 is 22.2 Å². The Morgan fingerprint density at radius 2 is 2.14 bits per heavy atom. The lowest BCUT2D eigenvalue weighted by Gasteiger charge is -2.27. The molecule has 1 aliphatic rings. The molecule has 3 heteroatoms. The van der Waals surface area contributed by atoms with Crippen molar-refractivity contribution in [3.8, 4) is 0 Å². The molecule has 108 valence electrons. The maximum Gasteiger partial charge on any atom is 0.0481 e. The summed E-state index contributed by atoms with van der Waals surface area (Å²) in [5.41, 5.74) is 4.21. The molecule has 2 heterocycles. The van der Waals surface area contributed by atoms with Crippen LogP contribution in [0.2, 0.25) is 0 Å². The van der Waals surface area contributed by atoms with Gasteiger partial charge in [-0.05, 0) is 49.3 Å². The molecule has 0 aliphatic heterocycles. The standard InChI is InChI=1S/C18H20N2S/c1-12(17-10-5-11-21-17)19-16-9-4-7-14-13-6-2-3-8-15(13)20-18(14)16/h2-3,5-6,8,10-12,16,19-20H,4,7,9H2,1H3. The Bertz CT molecular complexity index is 742. The maximum absolute atomic E-state index is 3.82. The van der Waals surface area contributed by atoms with Gasteiger partial charge in [-0.25, -0.2) is 0 Å². The van der Waals surface area contributed by atoms with E-state index in [0.29, 0.717) is 12.1 Å². The summed E-state index contributed by atoms with van der Waals surface area (Å²) in [6, 6.07) is 13.9. The first-order valence-electron chi connectivity index (χ1n) is 7.72. The van der Waals surface area contributed by atoms with Gasteiger partial charge in [-0.3, -0.25) is 0 Å². The summed E-state index contributed by atoms with van der Waals surface area (Å²) >= 11 is 1.83. The molecule has 2 nitrogen and oxygen atoms in total. The van der Waals surface area contributed by atoms with Gasteiger partial charge in [-0.1, -0.05) is 24.3 Å². The highest BCUT2D eigenvalue weighted by molar-refractivity contribution is 7.10. The number of hydrogen-bond donors (Lipinski definition) is 2. The fourth-order valence-electron chi connectivity index (χ4n) is 3.50. The number of thiophene rings is 1. The Balaban J connectivity index is 1.67. The van der Waals surface area contributed by atoms with Crippen LogP contribution in [0.15, 0.2) is 41.8 Å². The fraction of sp³-hybridized carbons (Fsp3) is 0.333. The van der Waals surface area contributed by atoms with E-state index >= 15 is 0 Å². The second kappa shape index (κ2) is 5.32. The average molecular weight is 296 g/mol. The van der Waals surface area contributed by atoms with E-state index in [0.717, 1.165) is 0 Å². The summed E-state index contributed by atoms with van der Waals surface area (Å²) in [7, 11) is 0. The van der Waals surface area contributed by atoms with E-state index in [9.17, 15) is 0 Å². The normalized spacial score (nSPS) is 19.6. The number of H-pyrrole nitrogens is 1. The van der Waals surface area contributed by atoms with Gasteiger partial charge in [-0.2, -0.15) is 0 Å². The third-order valence-electron chi connectivity index (χ3n) is 4.54. The van der Waals surface area contributed by atoms with E-state index in [2.05, 4.69) is 59.0 Å². The molecule has 0 saturated heterocycles. The summed E-state index contributed by atoms with van der Waals surface area (Å²) in [5.74, 6) is 0. The molecule has 0 saturated carbocycles. The van der Waals surface area contributed by atoms with E-state index in [1.807, 2.05) is 11.3 Å². The van der Waals surface area contributed by atoms with Crippen molar-refractivity contribution in [3.63, 3.8) is 0 Å². The van der Waals surface area contributed by atoms with Crippen molar-refractivity contribution < 1.29 is 0 Å². The SMILES string of the molecule is CC(NC1CCCc2c1[nH]c1ccccc21)c1cccs1. The van der Waals surface area contributed by atoms with Gasteiger partial charge in [-0.15, -0.1) is 11.3 Å². The van der Waals surface area contributed by atoms with Gasteiger partial charge >= 0.3 is 0 Å². The Hall–Kier alpha value is -1.58. The van der Waals surface area contributed by atoms with Gasteiger partial charge < -0.3 is 10.3 Å². The van der Waals surface area contributed by atoms with Crippen LogP contribution in [0.3, 0.4) is 0 Å². The predicted octanol–water partition coefficient (Wildman–Crippen LogP) is 4.96. The summed E-state index contributed by atoms with van der Waals surface area (Å²) < 4.78 is 0. The smallest absolute Gasteiger partial charge is 0.0481 e. The van der Waals surface area contributed by atoms with Crippen molar-refractivity contribution in [2.75, 3.05) is 0 Å². The van der Waals surface area contributed by atoms with Crippen LogP contribution >= 0.6 is 11.3 Å². The van der Waals surface area contributed by atoms with Crippen LogP contribution in [-0.2, 0) is 6.42 Å². The Labute approximate surface area is 129 Å². The quantitative estimate of drug-likeness (QED) is 0.702. The third-order valence-corrected chi connectivity index (χ3v) is 5.59. The lowest BCUT2D eigenvalue weighted by atomic mass is 9.91. The molecular formula is C18H20N2S. The van der Waals surface area contributed by atoms with Crippen LogP contribution in [0.5, 0.6) is 0 Å². The molecule has 0 bridgehead atoms. The van der Waals surface area contributed by atoms with Gasteiger partial charge in [0.05, 0.1) is 0 Å². The molecule has 2 N–H and O–H groups in total. The van der Waals surface area contributed by atoms with Gasteiger partial charge in [0, 0.05) is 33.6 Å². The number of aryl methyl sites for hydroxylation is 1. The number of nitrogens with one attached hydrogen (secondary N) is 2. The summed E-state index contributed by atoms with van der Waals surface area (Å²) in [5, 5.41) is 7.38.